The maximum Gasteiger partial charge on any atom is 0.336 e. The molecule has 0 spiro atoms. The Bertz CT molecular complexity index is 1010. The quantitative estimate of drug-likeness (QED) is 0.535. The molecular formula is C22H23NO4. The topological polar surface area (TPSA) is 60.7 Å². The van der Waals surface area contributed by atoms with Gasteiger partial charge >= 0.3 is 5.63 Å². The molecule has 0 saturated carbocycles. The summed E-state index contributed by atoms with van der Waals surface area (Å²) in [6.07, 6.45) is 1.79. The van der Waals surface area contributed by atoms with Gasteiger partial charge in [-0.25, -0.2) is 4.79 Å². The number of benzene rings is 2. The number of hydrogen-bond donors (Lipinski definition) is 1. The van der Waals surface area contributed by atoms with Gasteiger partial charge in [-0.2, -0.15) is 0 Å². The fourth-order valence-corrected chi connectivity index (χ4v) is 3.34. The van der Waals surface area contributed by atoms with E-state index >= 15 is 0 Å². The van der Waals surface area contributed by atoms with Gasteiger partial charge in [-0.05, 0) is 54.3 Å². The van der Waals surface area contributed by atoms with Crippen molar-refractivity contribution in [2.45, 2.75) is 26.3 Å². The summed E-state index contributed by atoms with van der Waals surface area (Å²) in [5.74, 6) is 1.63. The molecule has 0 fully saturated rings. The third kappa shape index (κ3) is 3.98. The fraction of sp³-hybridized carbons (Fsp3) is 0.318. The van der Waals surface area contributed by atoms with Crippen LogP contribution in [-0.2, 0) is 19.4 Å². The molecule has 0 radical (unpaired) electrons. The van der Waals surface area contributed by atoms with Crippen LogP contribution in [0.3, 0.4) is 0 Å². The van der Waals surface area contributed by atoms with Crippen LogP contribution < -0.4 is 20.4 Å². The number of nitrogens with one attached hydrogen (secondary N) is 1. The second-order valence-corrected chi connectivity index (χ2v) is 6.68. The molecule has 4 rings (SSSR count). The van der Waals surface area contributed by atoms with Crippen molar-refractivity contribution in [3.05, 3.63) is 69.6 Å². The van der Waals surface area contributed by atoms with Crippen molar-refractivity contribution >= 4 is 11.0 Å². The van der Waals surface area contributed by atoms with Crippen molar-refractivity contribution in [2.75, 3.05) is 19.8 Å². The van der Waals surface area contributed by atoms with E-state index < -0.39 is 0 Å². The van der Waals surface area contributed by atoms with E-state index in [2.05, 4.69) is 24.4 Å². The molecule has 1 aromatic heterocycles. The number of rotatable bonds is 6. The Labute approximate surface area is 157 Å². The summed E-state index contributed by atoms with van der Waals surface area (Å²) in [7, 11) is 0. The molecule has 5 heteroatoms. The largest absolute Gasteiger partial charge is 0.486 e. The minimum Gasteiger partial charge on any atom is -0.486 e. The van der Waals surface area contributed by atoms with Crippen LogP contribution in [0.1, 0.15) is 23.6 Å². The van der Waals surface area contributed by atoms with Gasteiger partial charge in [0, 0.05) is 18.0 Å². The molecule has 1 N–H and O–H groups in total. The molecule has 2 heterocycles. The Morgan fingerprint density at radius 2 is 1.78 bits per heavy atom. The van der Waals surface area contributed by atoms with E-state index in [1.165, 1.54) is 5.56 Å². The highest BCUT2D eigenvalue weighted by Gasteiger charge is 2.11. The van der Waals surface area contributed by atoms with Crippen molar-refractivity contribution in [1.82, 2.24) is 5.32 Å². The maximum atomic E-state index is 11.9. The summed E-state index contributed by atoms with van der Waals surface area (Å²) >= 11 is 0. The van der Waals surface area contributed by atoms with Crippen LogP contribution in [0.2, 0.25) is 0 Å². The first kappa shape index (κ1) is 17.6. The molecule has 1 aliphatic rings. The van der Waals surface area contributed by atoms with Crippen LogP contribution in [0.15, 0.2) is 51.7 Å². The number of ether oxygens (including phenoxy) is 2. The summed E-state index contributed by atoms with van der Waals surface area (Å²) in [6.45, 7) is 4.71. The number of aryl methyl sites for hydroxylation is 1. The van der Waals surface area contributed by atoms with Crippen molar-refractivity contribution < 1.29 is 13.9 Å². The van der Waals surface area contributed by atoms with Gasteiger partial charge in [-0.15, -0.1) is 0 Å². The summed E-state index contributed by atoms with van der Waals surface area (Å²) in [5.41, 5.74) is 3.67. The molecule has 0 saturated heterocycles. The minimum absolute atomic E-state index is 0.306. The standard InChI is InChI=1S/C22H23NO4/c1-2-15-3-5-18-17(13-22(24)27-20(18)11-15)14-23-8-7-16-4-6-19-21(12-16)26-10-9-25-19/h3-6,11-13,23H,2,7-10,14H2,1H3. The number of fused-ring (bicyclic) bond motifs is 2. The average molecular weight is 365 g/mol. The van der Waals surface area contributed by atoms with Gasteiger partial charge in [0.05, 0.1) is 0 Å². The van der Waals surface area contributed by atoms with E-state index in [1.54, 1.807) is 6.07 Å². The zero-order chi connectivity index (χ0) is 18.6. The lowest BCUT2D eigenvalue weighted by atomic mass is 10.1. The summed E-state index contributed by atoms with van der Waals surface area (Å²) < 4.78 is 16.5. The predicted molar refractivity (Wildman–Crippen MR) is 105 cm³/mol. The SMILES string of the molecule is CCc1ccc2c(CNCCc3ccc4c(c3)OCCO4)cc(=O)oc2c1. The van der Waals surface area contributed by atoms with Crippen LogP contribution in [0.5, 0.6) is 11.5 Å². The van der Waals surface area contributed by atoms with Crippen molar-refractivity contribution in [2.24, 2.45) is 0 Å². The van der Waals surface area contributed by atoms with E-state index in [0.717, 1.165) is 47.4 Å². The Morgan fingerprint density at radius 1 is 0.963 bits per heavy atom. The van der Waals surface area contributed by atoms with E-state index in [9.17, 15) is 4.79 Å². The molecule has 0 atom stereocenters. The molecule has 0 aliphatic carbocycles. The van der Waals surface area contributed by atoms with Gasteiger partial charge < -0.3 is 19.2 Å². The third-order valence-electron chi connectivity index (χ3n) is 4.82. The Kier molecular flexibility index (Phi) is 5.12. The highest BCUT2D eigenvalue weighted by molar-refractivity contribution is 5.80. The van der Waals surface area contributed by atoms with Crippen LogP contribution in [0.25, 0.3) is 11.0 Å². The van der Waals surface area contributed by atoms with Crippen LogP contribution in [-0.4, -0.2) is 19.8 Å². The van der Waals surface area contributed by atoms with Gasteiger partial charge in [0.25, 0.3) is 0 Å². The molecule has 0 bridgehead atoms. The molecule has 5 nitrogen and oxygen atoms in total. The first-order valence-electron chi connectivity index (χ1n) is 9.38. The average Bonchev–Trinajstić information content (AvgIpc) is 2.70. The van der Waals surface area contributed by atoms with Crippen molar-refractivity contribution in [3.8, 4) is 11.5 Å². The third-order valence-corrected chi connectivity index (χ3v) is 4.82. The van der Waals surface area contributed by atoms with Gasteiger partial charge in [0.15, 0.2) is 11.5 Å². The predicted octanol–water partition coefficient (Wildman–Crippen LogP) is 3.46. The second kappa shape index (κ2) is 7.84. The van der Waals surface area contributed by atoms with Crippen LogP contribution >= 0.6 is 0 Å². The zero-order valence-corrected chi connectivity index (χ0v) is 15.4. The monoisotopic (exact) mass is 365 g/mol. The molecular weight excluding hydrogens is 342 g/mol. The van der Waals surface area contributed by atoms with Gasteiger partial charge in [0.2, 0.25) is 0 Å². The fourth-order valence-electron chi connectivity index (χ4n) is 3.34. The highest BCUT2D eigenvalue weighted by Crippen LogP contribution is 2.30. The molecule has 140 valence electrons. The normalized spacial score (nSPS) is 13.1. The highest BCUT2D eigenvalue weighted by atomic mass is 16.6. The molecule has 2 aromatic carbocycles. The van der Waals surface area contributed by atoms with Crippen molar-refractivity contribution in [1.29, 1.82) is 0 Å². The van der Waals surface area contributed by atoms with E-state index in [0.29, 0.717) is 25.3 Å². The van der Waals surface area contributed by atoms with Crippen molar-refractivity contribution in [3.63, 3.8) is 0 Å². The van der Waals surface area contributed by atoms with Crippen LogP contribution in [0.4, 0.5) is 0 Å². The van der Waals surface area contributed by atoms with Gasteiger partial charge in [-0.3, -0.25) is 0 Å². The maximum absolute atomic E-state index is 11.9. The van der Waals surface area contributed by atoms with Gasteiger partial charge in [-0.1, -0.05) is 25.1 Å². The van der Waals surface area contributed by atoms with E-state index in [4.69, 9.17) is 13.9 Å². The van der Waals surface area contributed by atoms with E-state index in [1.807, 2.05) is 24.3 Å². The lowest BCUT2D eigenvalue weighted by Crippen LogP contribution is -2.18. The molecule has 3 aromatic rings. The number of hydrogen-bond acceptors (Lipinski definition) is 5. The Hall–Kier alpha value is -2.79. The Balaban J connectivity index is 1.41. The summed E-state index contributed by atoms with van der Waals surface area (Å²) in [5, 5.41) is 4.41. The summed E-state index contributed by atoms with van der Waals surface area (Å²) in [4.78, 5) is 11.9. The molecule has 0 amide bonds. The summed E-state index contributed by atoms with van der Waals surface area (Å²) in [6, 6.07) is 13.7. The molecule has 27 heavy (non-hydrogen) atoms. The van der Waals surface area contributed by atoms with E-state index in [-0.39, 0.29) is 5.63 Å². The molecule has 0 unspecified atom stereocenters. The first-order chi connectivity index (χ1) is 13.2. The van der Waals surface area contributed by atoms with Gasteiger partial charge in [0.1, 0.15) is 18.8 Å². The lowest BCUT2D eigenvalue weighted by Gasteiger charge is -2.18. The second-order valence-electron chi connectivity index (χ2n) is 6.68. The Morgan fingerprint density at radius 3 is 2.63 bits per heavy atom. The minimum atomic E-state index is -0.306. The smallest absolute Gasteiger partial charge is 0.336 e. The lowest BCUT2D eigenvalue weighted by molar-refractivity contribution is 0.171. The first-order valence-corrected chi connectivity index (χ1v) is 9.38. The van der Waals surface area contributed by atoms with Crippen LogP contribution in [0, 0.1) is 0 Å². The molecule has 1 aliphatic heterocycles. The zero-order valence-electron chi connectivity index (χ0n) is 15.4.